The molecule has 1 fully saturated rings. The highest BCUT2D eigenvalue weighted by Crippen LogP contribution is 1.93. The van der Waals surface area contributed by atoms with E-state index in [9.17, 15) is 5.11 Å². The van der Waals surface area contributed by atoms with Crippen LogP contribution in [-0.4, -0.2) is 32.3 Å². The van der Waals surface area contributed by atoms with E-state index >= 15 is 0 Å². The number of hydrogen-bond donors (Lipinski definition) is 2. The largest absolute Gasteiger partial charge is 0.315 e. The molecule has 0 amide bonds. The van der Waals surface area contributed by atoms with E-state index in [0.717, 1.165) is 26.1 Å². The Morgan fingerprint density at radius 3 is 3.10 bits per heavy atom. The van der Waals surface area contributed by atoms with Crippen molar-refractivity contribution in [2.24, 2.45) is 0 Å². The van der Waals surface area contributed by atoms with Crippen molar-refractivity contribution in [3.8, 4) is 0 Å². The Hall–Kier alpha value is -0.120. The molecule has 3 heteroatoms. The second-order valence-corrected chi connectivity index (χ2v) is 2.70. The van der Waals surface area contributed by atoms with Gasteiger partial charge in [0.15, 0.2) is 0 Å². The maximum Gasteiger partial charge on any atom is 0.0837 e. The monoisotopic (exact) mass is 143 g/mol. The van der Waals surface area contributed by atoms with E-state index in [1.807, 2.05) is 0 Å². The molecule has 1 atom stereocenters. The second kappa shape index (κ2) is 4.66. The average Bonchev–Trinajstić information content (AvgIpc) is 2.17. The lowest BCUT2D eigenvalue weighted by atomic mass is 10.2. The number of hydrogen-bond acceptors (Lipinski definition) is 2. The first-order chi connectivity index (χ1) is 4.93. The average molecular weight is 143 g/mol. The summed E-state index contributed by atoms with van der Waals surface area (Å²) < 4.78 is 0. The summed E-state index contributed by atoms with van der Waals surface area (Å²) in [5.41, 5.74) is 0. The van der Waals surface area contributed by atoms with Gasteiger partial charge in [0.2, 0.25) is 0 Å². The van der Waals surface area contributed by atoms with Crippen LogP contribution in [0.25, 0.3) is 0 Å². The molecule has 59 valence electrons. The molecule has 0 aromatic carbocycles. The van der Waals surface area contributed by atoms with Gasteiger partial charge in [0.05, 0.1) is 6.61 Å². The minimum atomic E-state index is 0.0410. The van der Waals surface area contributed by atoms with Crippen molar-refractivity contribution in [2.45, 2.75) is 18.9 Å². The summed E-state index contributed by atoms with van der Waals surface area (Å²) in [6.45, 7) is 3.14. The lowest BCUT2D eigenvalue weighted by Gasteiger charge is -2.12. The lowest BCUT2D eigenvalue weighted by molar-refractivity contribution is 0.177. The molecule has 1 unspecified atom stereocenters. The predicted molar refractivity (Wildman–Crippen MR) is 39.4 cm³/mol. The molecule has 0 aromatic rings. The van der Waals surface area contributed by atoms with Crippen LogP contribution in [0.5, 0.6) is 0 Å². The highest BCUT2D eigenvalue weighted by atomic mass is 16.3. The Morgan fingerprint density at radius 1 is 1.40 bits per heavy atom. The summed E-state index contributed by atoms with van der Waals surface area (Å²) in [6, 6.07) is 0.417. The molecule has 10 heavy (non-hydrogen) atoms. The fraction of sp³-hybridized carbons (Fsp3) is 1.00. The van der Waals surface area contributed by atoms with Crippen molar-refractivity contribution in [1.29, 1.82) is 0 Å². The van der Waals surface area contributed by atoms with Gasteiger partial charge < -0.3 is 10.6 Å². The second-order valence-electron chi connectivity index (χ2n) is 2.70. The van der Waals surface area contributed by atoms with Crippen LogP contribution in [0.4, 0.5) is 0 Å². The molecule has 3 nitrogen and oxygen atoms in total. The molecule has 1 rings (SSSR count). The number of nitrogens with one attached hydrogen (secondary N) is 2. The van der Waals surface area contributed by atoms with Crippen LogP contribution < -0.4 is 10.6 Å². The molecule has 0 aliphatic carbocycles. The normalized spacial score (nSPS) is 27.9. The van der Waals surface area contributed by atoms with E-state index in [0.29, 0.717) is 6.04 Å². The van der Waals surface area contributed by atoms with Crippen LogP contribution >= 0.6 is 0 Å². The smallest absolute Gasteiger partial charge is 0.0837 e. The Morgan fingerprint density at radius 2 is 2.30 bits per heavy atom. The van der Waals surface area contributed by atoms with Gasteiger partial charge in [0.25, 0.3) is 0 Å². The highest BCUT2D eigenvalue weighted by Gasteiger charge is 2.08. The van der Waals surface area contributed by atoms with Crippen molar-refractivity contribution >= 4 is 0 Å². The molecule has 1 aliphatic rings. The van der Waals surface area contributed by atoms with Gasteiger partial charge in [-0.25, -0.2) is 5.11 Å². The Labute approximate surface area is 61.8 Å². The molecule has 1 heterocycles. The first-order valence-electron chi connectivity index (χ1n) is 3.95. The third-order valence-corrected chi connectivity index (χ3v) is 1.82. The van der Waals surface area contributed by atoms with Crippen LogP contribution in [0.2, 0.25) is 0 Å². The predicted octanol–water partition coefficient (Wildman–Crippen LogP) is -0.241. The highest BCUT2D eigenvalue weighted by molar-refractivity contribution is 4.72. The van der Waals surface area contributed by atoms with E-state index in [1.54, 1.807) is 0 Å². The molecule has 0 aromatic heterocycles. The zero-order chi connectivity index (χ0) is 7.23. The van der Waals surface area contributed by atoms with Crippen molar-refractivity contribution < 1.29 is 5.11 Å². The van der Waals surface area contributed by atoms with Gasteiger partial charge in [0.1, 0.15) is 0 Å². The standard InChI is InChI=1S/C7H15N2O/c10-5-2-7-6-8-3-1-4-9-7/h7-9H,1-6H2. The molecule has 1 aliphatic heterocycles. The summed E-state index contributed by atoms with van der Waals surface area (Å²) in [7, 11) is 0. The number of rotatable bonds is 2. The third-order valence-electron chi connectivity index (χ3n) is 1.82. The first-order valence-corrected chi connectivity index (χ1v) is 3.95. The van der Waals surface area contributed by atoms with Crippen LogP contribution in [-0.2, 0) is 5.11 Å². The summed E-state index contributed by atoms with van der Waals surface area (Å²) in [6.07, 6.45) is 1.93. The van der Waals surface area contributed by atoms with E-state index in [4.69, 9.17) is 0 Å². The maximum absolute atomic E-state index is 10.2. The van der Waals surface area contributed by atoms with Crippen molar-refractivity contribution in [1.82, 2.24) is 10.6 Å². The molecule has 2 N–H and O–H groups in total. The van der Waals surface area contributed by atoms with E-state index in [-0.39, 0.29) is 6.61 Å². The van der Waals surface area contributed by atoms with E-state index < -0.39 is 0 Å². The Bertz CT molecular complexity index is 79.7. The molecule has 0 spiro atoms. The van der Waals surface area contributed by atoms with Gasteiger partial charge in [-0.15, -0.1) is 0 Å². The SMILES string of the molecule is [O]CCC1CNCCCN1. The molecule has 1 saturated heterocycles. The third kappa shape index (κ3) is 2.64. The van der Waals surface area contributed by atoms with E-state index in [2.05, 4.69) is 10.6 Å². The van der Waals surface area contributed by atoms with Crippen molar-refractivity contribution in [3.05, 3.63) is 0 Å². The van der Waals surface area contributed by atoms with E-state index in [1.165, 1.54) is 6.42 Å². The van der Waals surface area contributed by atoms with Gasteiger partial charge in [-0.1, -0.05) is 0 Å². The first kappa shape index (κ1) is 7.98. The molecular formula is C7H15N2O. The summed E-state index contributed by atoms with van der Waals surface area (Å²) in [5, 5.41) is 16.8. The Balaban J connectivity index is 2.15. The van der Waals surface area contributed by atoms with Gasteiger partial charge in [0, 0.05) is 12.6 Å². The maximum atomic E-state index is 10.2. The summed E-state index contributed by atoms with van der Waals surface area (Å²) in [4.78, 5) is 0. The Kier molecular flexibility index (Phi) is 3.72. The summed E-state index contributed by atoms with van der Waals surface area (Å²) >= 11 is 0. The lowest BCUT2D eigenvalue weighted by Crippen LogP contribution is -2.35. The fourth-order valence-corrected chi connectivity index (χ4v) is 1.21. The van der Waals surface area contributed by atoms with Gasteiger partial charge in [-0.3, -0.25) is 0 Å². The minimum Gasteiger partial charge on any atom is -0.315 e. The van der Waals surface area contributed by atoms with Gasteiger partial charge >= 0.3 is 0 Å². The van der Waals surface area contributed by atoms with Crippen LogP contribution in [0, 0.1) is 0 Å². The summed E-state index contributed by atoms with van der Waals surface area (Å²) in [5.74, 6) is 0. The quantitative estimate of drug-likeness (QED) is 0.560. The molecule has 1 radical (unpaired) electrons. The van der Waals surface area contributed by atoms with Gasteiger partial charge in [-0.05, 0) is 25.9 Å². The molecule has 0 bridgehead atoms. The van der Waals surface area contributed by atoms with Crippen LogP contribution in [0.1, 0.15) is 12.8 Å². The molecular weight excluding hydrogens is 128 g/mol. The topological polar surface area (TPSA) is 44.0 Å². The van der Waals surface area contributed by atoms with Crippen LogP contribution in [0.15, 0.2) is 0 Å². The fourth-order valence-electron chi connectivity index (χ4n) is 1.21. The van der Waals surface area contributed by atoms with Gasteiger partial charge in [-0.2, -0.15) is 0 Å². The molecule has 0 saturated carbocycles. The van der Waals surface area contributed by atoms with Crippen LogP contribution in [0.3, 0.4) is 0 Å². The zero-order valence-corrected chi connectivity index (χ0v) is 6.23. The van der Waals surface area contributed by atoms with Crippen molar-refractivity contribution in [2.75, 3.05) is 26.2 Å². The minimum absolute atomic E-state index is 0.0410. The van der Waals surface area contributed by atoms with Crippen molar-refractivity contribution in [3.63, 3.8) is 0 Å². The zero-order valence-electron chi connectivity index (χ0n) is 6.23.